The van der Waals surface area contributed by atoms with Crippen LogP contribution < -0.4 is 4.90 Å². The number of benzene rings is 9. The van der Waals surface area contributed by atoms with Gasteiger partial charge in [0.25, 0.3) is 0 Å². The highest BCUT2D eigenvalue weighted by molar-refractivity contribution is 6.12. The van der Waals surface area contributed by atoms with Gasteiger partial charge in [-0.25, -0.2) is 0 Å². The average Bonchev–Trinajstić information content (AvgIpc) is 3.88. The molecule has 12 aromatic rings. The Hall–Kier alpha value is -8.21. The van der Waals surface area contributed by atoms with Crippen molar-refractivity contribution in [2.45, 2.75) is 0 Å². The summed E-state index contributed by atoms with van der Waals surface area (Å²) in [5, 5.41) is 5.84. The molecule has 0 amide bonds. The number of para-hydroxylation sites is 3. The number of fused-ring (bicyclic) bond motifs is 7. The summed E-state index contributed by atoms with van der Waals surface area (Å²) >= 11 is 0. The van der Waals surface area contributed by atoms with E-state index in [4.69, 9.17) is 9.40 Å². The molecule has 0 bridgehead atoms. The summed E-state index contributed by atoms with van der Waals surface area (Å²) in [4.78, 5) is 7.10. The third-order valence-electron chi connectivity index (χ3n) is 12.1. The zero-order valence-electron chi connectivity index (χ0n) is 33.1. The van der Waals surface area contributed by atoms with E-state index >= 15 is 0 Å². The van der Waals surface area contributed by atoms with Gasteiger partial charge in [0.15, 0.2) is 5.58 Å². The summed E-state index contributed by atoms with van der Waals surface area (Å²) in [5.74, 6) is 0. The van der Waals surface area contributed by atoms with E-state index in [2.05, 4.69) is 204 Å². The van der Waals surface area contributed by atoms with E-state index in [1.807, 2.05) is 30.5 Å². The van der Waals surface area contributed by atoms with Crippen LogP contribution in [0.4, 0.5) is 17.1 Å². The monoisotopic (exact) mass is 779 g/mol. The molecule has 3 heterocycles. The van der Waals surface area contributed by atoms with Crippen LogP contribution in [0.5, 0.6) is 0 Å². The maximum absolute atomic E-state index is 6.41. The Balaban J connectivity index is 1.03. The highest BCUT2D eigenvalue weighted by Crippen LogP contribution is 2.44. The van der Waals surface area contributed by atoms with E-state index in [0.29, 0.717) is 0 Å². The number of hydrogen-bond donors (Lipinski definition) is 0. The number of furan rings is 1. The summed E-state index contributed by atoms with van der Waals surface area (Å²) in [7, 11) is 0. The summed E-state index contributed by atoms with van der Waals surface area (Å²) < 4.78 is 8.83. The topological polar surface area (TPSA) is 34.2 Å². The molecule has 0 saturated heterocycles. The van der Waals surface area contributed by atoms with Crippen LogP contribution in [0.3, 0.4) is 0 Å². The number of nitrogens with zero attached hydrogens (tertiary/aromatic N) is 3. The van der Waals surface area contributed by atoms with Gasteiger partial charge in [0.05, 0.1) is 22.4 Å². The smallest absolute Gasteiger partial charge is 0.161 e. The molecule has 4 nitrogen and oxygen atoms in total. The molecule has 0 fully saturated rings. The van der Waals surface area contributed by atoms with Crippen LogP contribution >= 0.6 is 0 Å². The lowest BCUT2D eigenvalue weighted by Gasteiger charge is -2.28. The summed E-state index contributed by atoms with van der Waals surface area (Å²) in [5.41, 5.74) is 16.1. The van der Waals surface area contributed by atoms with Gasteiger partial charge in [-0.15, -0.1) is 0 Å². The lowest BCUT2D eigenvalue weighted by molar-refractivity contribution is 0.669. The molecule has 9 aromatic carbocycles. The van der Waals surface area contributed by atoms with Gasteiger partial charge in [0, 0.05) is 50.1 Å². The van der Waals surface area contributed by atoms with Crippen LogP contribution in [-0.4, -0.2) is 9.55 Å². The lowest BCUT2D eigenvalue weighted by Crippen LogP contribution is -2.10. The van der Waals surface area contributed by atoms with E-state index in [9.17, 15) is 0 Å². The molecule has 0 radical (unpaired) electrons. The van der Waals surface area contributed by atoms with Crippen molar-refractivity contribution >= 4 is 71.7 Å². The molecule has 286 valence electrons. The quantitative estimate of drug-likeness (QED) is 0.162. The van der Waals surface area contributed by atoms with E-state index in [-0.39, 0.29) is 0 Å². The Morgan fingerprint density at radius 3 is 1.59 bits per heavy atom. The van der Waals surface area contributed by atoms with Gasteiger partial charge in [0.1, 0.15) is 11.1 Å². The Morgan fingerprint density at radius 1 is 0.377 bits per heavy atom. The van der Waals surface area contributed by atoms with Gasteiger partial charge >= 0.3 is 0 Å². The lowest BCUT2D eigenvalue weighted by atomic mass is 9.94. The molecule has 0 N–H and O–H groups in total. The molecule has 61 heavy (non-hydrogen) atoms. The first-order valence-corrected chi connectivity index (χ1v) is 20.7. The SMILES string of the molecule is c1ccc(-c2ccccc2-c2ccc(N(c3ccc(-c4ccnc5c4oc4ccccc45)cc3)c3cccc4c(-n5c6ccccc6c6ccccc65)cccc34)cc2)cc1. The number of rotatable bonds is 7. The van der Waals surface area contributed by atoms with Crippen molar-refractivity contribution in [3.05, 3.63) is 225 Å². The molecule has 0 aliphatic carbocycles. The van der Waals surface area contributed by atoms with Gasteiger partial charge in [-0.05, 0) is 94.5 Å². The van der Waals surface area contributed by atoms with Crippen LogP contribution in [0.1, 0.15) is 0 Å². The normalized spacial score (nSPS) is 11.6. The average molecular weight is 780 g/mol. The summed E-state index contributed by atoms with van der Waals surface area (Å²) in [6, 6.07) is 78.1. The fourth-order valence-electron chi connectivity index (χ4n) is 9.29. The second kappa shape index (κ2) is 14.3. The van der Waals surface area contributed by atoms with Gasteiger partial charge in [-0.3, -0.25) is 4.98 Å². The molecule has 0 unspecified atom stereocenters. The van der Waals surface area contributed by atoms with Crippen molar-refractivity contribution in [2.24, 2.45) is 0 Å². The van der Waals surface area contributed by atoms with E-state index in [1.165, 1.54) is 43.9 Å². The van der Waals surface area contributed by atoms with Crippen LogP contribution in [0.2, 0.25) is 0 Å². The highest BCUT2D eigenvalue weighted by Gasteiger charge is 2.20. The molecule has 0 atom stereocenters. The molecule has 0 saturated carbocycles. The van der Waals surface area contributed by atoms with Crippen molar-refractivity contribution < 1.29 is 4.42 Å². The van der Waals surface area contributed by atoms with Crippen molar-refractivity contribution in [2.75, 3.05) is 4.90 Å². The van der Waals surface area contributed by atoms with Crippen molar-refractivity contribution in [3.8, 4) is 39.1 Å². The zero-order chi connectivity index (χ0) is 40.3. The number of hydrogen-bond acceptors (Lipinski definition) is 3. The first kappa shape index (κ1) is 34.8. The van der Waals surface area contributed by atoms with Crippen molar-refractivity contribution in [3.63, 3.8) is 0 Å². The molecule has 0 aliphatic rings. The predicted octanol–water partition coefficient (Wildman–Crippen LogP) is 15.7. The predicted molar refractivity (Wildman–Crippen MR) is 254 cm³/mol. The molecule has 0 aliphatic heterocycles. The standard InChI is InChI=1S/C57H37N3O/c1-2-14-38(15-3-1)43-16-4-5-17-44(43)39-28-32-41(33-29-39)59(42-34-30-40(31-35-42)45-36-37-58-56-50-20-8-11-27-55(50)61-57(45)56)51-25-12-22-49-48(51)21-13-26-54(49)60-52-23-9-6-18-46(52)47-19-7-10-24-53(47)60/h1-37H. The van der Waals surface area contributed by atoms with E-state index in [1.54, 1.807) is 0 Å². The van der Waals surface area contributed by atoms with Gasteiger partial charge in [0.2, 0.25) is 0 Å². The fraction of sp³-hybridized carbons (Fsp3) is 0. The summed E-state index contributed by atoms with van der Waals surface area (Å²) in [6.45, 7) is 0. The number of anilines is 3. The van der Waals surface area contributed by atoms with E-state index < -0.39 is 0 Å². The zero-order valence-corrected chi connectivity index (χ0v) is 33.1. The Kier molecular flexibility index (Phi) is 8.13. The van der Waals surface area contributed by atoms with Crippen LogP contribution in [0.25, 0.3) is 93.7 Å². The highest BCUT2D eigenvalue weighted by atomic mass is 16.3. The summed E-state index contributed by atoms with van der Waals surface area (Å²) in [6.07, 6.45) is 1.88. The molecular weight excluding hydrogens is 743 g/mol. The molecule has 0 spiro atoms. The van der Waals surface area contributed by atoms with Crippen molar-refractivity contribution in [1.82, 2.24) is 9.55 Å². The molecule has 12 rings (SSSR count). The van der Waals surface area contributed by atoms with Gasteiger partial charge in [-0.2, -0.15) is 0 Å². The number of pyridine rings is 1. The Labute approximate surface area is 352 Å². The molecule has 3 aromatic heterocycles. The maximum atomic E-state index is 6.41. The van der Waals surface area contributed by atoms with Crippen LogP contribution in [0, 0.1) is 0 Å². The second-order valence-corrected chi connectivity index (χ2v) is 15.5. The third-order valence-corrected chi connectivity index (χ3v) is 12.1. The largest absolute Gasteiger partial charge is 0.454 e. The fourth-order valence-corrected chi connectivity index (χ4v) is 9.29. The van der Waals surface area contributed by atoms with Crippen molar-refractivity contribution in [1.29, 1.82) is 0 Å². The van der Waals surface area contributed by atoms with Gasteiger partial charge in [-0.1, -0.05) is 152 Å². The minimum absolute atomic E-state index is 0.798. The third kappa shape index (κ3) is 5.72. The van der Waals surface area contributed by atoms with Gasteiger partial charge < -0.3 is 13.9 Å². The maximum Gasteiger partial charge on any atom is 0.161 e. The Bertz CT molecular complexity index is 3530. The Morgan fingerprint density at radius 2 is 0.902 bits per heavy atom. The minimum Gasteiger partial charge on any atom is -0.454 e. The van der Waals surface area contributed by atoms with Crippen LogP contribution in [-0.2, 0) is 0 Å². The van der Waals surface area contributed by atoms with Crippen LogP contribution in [0.15, 0.2) is 229 Å². The second-order valence-electron chi connectivity index (χ2n) is 15.5. The first-order chi connectivity index (χ1) is 30.3. The molecule has 4 heteroatoms. The van der Waals surface area contributed by atoms with E-state index in [0.717, 1.165) is 66.9 Å². The minimum atomic E-state index is 0.798. The molecular formula is C57H37N3O. The number of aromatic nitrogens is 2. The first-order valence-electron chi connectivity index (χ1n) is 20.7.